The topological polar surface area (TPSA) is 57.7 Å². The molecule has 1 atom stereocenters. The fourth-order valence-electron chi connectivity index (χ4n) is 3.52. The highest BCUT2D eigenvalue weighted by Crippen LogP contribution is 2.39. The maximum atomic E-state index is 13.0. The van der Waals surface area contributed by atoms with E-state index < -0.39 is 29.8 Å². The van der Waals surface area contributed by atoms with E-state index in [0.717, 1.165) is 37.1 Å². The zero-order chi connectivity index (χ0) is 28.2. The molecule has 0 saturated heterocycles. The first kappa shape index (κ1) is 29.2. The minimum Gasteiger partial charge on any atom is -0.489 e. The van der Waals surface area contributed by atoms with Gasteiger partial charge in [0.05, 0.1) is 22.2 Å². The number of halogens is 7. The molecule has 1 aliphatic carbocycles. The van der Waals surface area contributed by atoms with E-state index in [-0.39, 0.29) is 32.9 Å². The minimum atomic E-state index is -4.52. The molecule has 1 saturated carbocycles. The van der Waals surface area contributed by atoms with Crippen molar-refractivity contribution in [2.45, 2.75) is 43.0 Å². The summed E-state index contributed by atoms with van der Waals surface area (Å²) in [6.45, 7) is -2.78. The highest BCUT2D eigenvalue weighted by atomic mass is 35.5. The second-order valence-corrected chi connectivity index (χ2v) is 10.4. The molecule has 0 N–H and O–H groups in total. The molecule has 4 rings (SSSR count). The molecule has 0 radical (unpaired) electrons. The van der Waals surface area contributed by atoms with Crippen LogP contribution >= 0.6 is 35.0 Å². The van der Waals surface area contributed by atoms with Crippen LogP contribution in [0, 0.1) is 5.92 Å². The molecule has 0 spiro atoms. The molecule has 5 nitrogen and oxygen atoms in total. The molecule has 208 valence electrons. The first-order valence-electron chi connectivity index (χ1n) is 11.5. The molecule has 39 heavy (non-hydrogen) atoms. The van der Waals surface area contributed by atoms with Crippen LogP contribution in [0.2, 0.25) is 10.0 Å². The van der Waals surface area contributed by atoms with Gasteiger partial charge in [0, 0.05) is 23.7 Å². The summed E-state index contributed by atoms with van der Waals surface area (Å²) < 4.78 is 80.5. The van der Waals surface area contributed by atoms with Gasteiger partial charge in [-0.2, -0.15) is 22.0 Å². The lowest BCUT2D eigenvalue weighted by Crippen LogP contribution is -2.13. The van der Waals surface area contributed by atoms with Crippen LogP contribution in [0.4, 0.5) is 26.7 Å². The van der Waals surface area contributed by atoms with E-state index in [9.17, 15) is 26.7 Å². The summed E-state index contributed by atoms with van der Waals surface area (Å²) >= 11 is 13.1. The molecular weight excluding hydrogens is 588 g/mol. The number of carbonyl (C=O) groups is 1. The van der Waals surface area contributed by atoms with Crippen LogP contribution in [0.25, 0.3) is 0 Å². The predicted molar refractivity (Wildman–Crippen MR) is 136 cm³/mol. The van der Waals surface area contributed by atoms with Crippen molar-refractivity contribution in [3.8, 4) is 11.5 Å². The Morgan fingerprint density at radius 1 is 1.03 bits per heavy atom. The number of benzene rings is 2. The molecule has 13 heteroatoms. The highest BCUT2D eigenvalue weighted by Gasteiger charge is 2.30. The van der Waals surface area contributed by atoms with E-state index in [1.165, 1.54) is 30.6 Å². The van der Waals surface area contributed by atoms with Gasteiger partial charge in [-0.25, -0.2) is 4.79 Å². The van der Waals surface area contributed by atoms with Crippen molar-refractivity contribution in [3.63, 3.8) is 0 Å². The Morgan fingerprint density at radius 3 is 2.28 bits per heavy atom. The Balaban J connectivity index is 1.60. The monoisotopic (exact) mass is 607 g/mol. The molecule has 1 fully saturated rings. The zero-order valence-electron chi connectivity index (χ0n) is 19.9. The van der Waals surface area contributed by atoms with Crippen LogP contribution < -0.4 is 9.47 Å². The van der Waals surface area contributed by atoms with Gasteiger partial charge in [0.15, 0.2) is 11.5 Å². The number of pyridine rings is 1. The Bertz CT molecular complexity index is 1290. The third-order valence-electron chi connectivity index (χ3n) is 5.69. The highest BCUT2D eigenvalue weighted by molar-refractivity contribution is 8.13. The fourth-order valence-corrected chi connectivity index (χ4v) is 4.67. The van der Waals surface area contributed by atoms with Gasteiger partial charge >= 0.3 is 18.1 Å². The summed E-state index contributed by atoms with van der Waals surface area (Å²) in [4.78, 5) is 17.0. The quantitative estimate of drug-likeness (QED) is 0.130. The van der Waals surface area contributed by atoms with Gasteiger partial charge < -0.3 is 14.2 Å². The van der Waals surface area contributed by atoms with Gasteiger partial charge in [0.2, 0.25) is 0 Å². The minimum absolute atomic E-state index is 0.0172. The SMILES string of the molecule is O=C(O[C@@H](Cc1c(Cl)cncc1Cl)c1ccc(OC(F)F)c(OCC2CC2)c1)Sc1ccc(C(F)(F)F)cc1. The fraction of sp³-hybridized carbons (Fsp3) is 0.308. The molecule has 2 aromatic carbocycles. The number of rotatable bonds is 10. The first-order chi connectivity index (χ1) is 18.5. The van der Waals surface area contributed by atoms with E-state index in [2.05, 4.69) is 9.72 Å². The molecule has 1 heterocycles. The Kier molecular flexibility index (Phi) is 9.45. The smallest absolute Gasteiger partial charge is 0.416 e. The predicted octanol–water partition coefficient (Wildman–Crippen LogP) is 9.01. The molecule has 0 unspecified atom stereocenters. The number of aromatic nitrogens is 1. The van der Waals surface area contributed by atoms with Crippen molar-refractivity contribution in [1.82, 2.24) is 4.98 Å². The number of hydrogen-bond donors (Lipinski definition) is 0. The number of ether oxygens (including phenoxy) is 3. The number of alkyl halides is 5. The summed E-state index contributed by atoms with van der Waals surface area (Å²) in [5.74, 6) is 0.179. The molecule has 3 aromatic rings. The second-order valence-electron chi connectivity index (χ2n) is 8.61. The summed E-state index contributed by atoms with van der Waals surface area (Å²) in [5, 5.41) is -0.405. The standard InChI is InChI=1S/C26H20Cl2F5NO4S/c27-19-11-34-12-20(28)18(19)10-22(38-25(35)39-17-6-4-16(5-7-17)26(31,32)33)15-3-8-21(37-24(29)30)23(9-15)36-13-14-1-2-14/h3-9,11-12,14,22,24H,1-2,10,13H2/t22-/m0/s1. The summed E-state index contributed by atoms with van der Waals surface area (Å²) in [7, 11) is 0. The van der Waals surface area contributed by atoms with E-state index >= 15 is 0 Å². The third-order valence-corrected chi connectivity index (χ3v) is 7.11. The zero-order valence-corrected chi connectivity index (χ0v) is 22.2. The maximum Gasteiger partial charge on any atom is 0.416 e. The van der Waals surface area contributed by atoms with E-state index in [1.54, 1.807) is 0 Å². The first-order valence-corrected chi connectivity index (χ1v) is 13.1. The van der Waals surface area contributed by atoms with Crippen LogP contribution in [0.3, 0.4) is 0 Å². The second kappa shape index (κ2) is 12.6. The largest absolute Gasteiger partial charge is 0.489 e. The van der Waals surface area contributed by atoms with Crippen molar-refractivity contribution >= 4 is 40.3 Å². The average molecular weight is 608 g/mol. The lowest BCUT2D eigenvalue weighted by Gasteiger charge is -2.21. The van der Waals surface area contributed by atoms with Crippen molar-refractivity contribution in [2.75, 3.05) is 6.61 Å². The van der Waals surface area contributed by atoms with Crippen molar-refractivity contribution in [3.05, 3.63) is 81.6 Å². The van der Waals surface area contributed by atoms with Crippen LogP contribution in [0.15, 0.2) is 59.8 Å². The molecule has 0 aliphatic heterocycles. The average Bonchev–Trinajstić information content (AvgIpc) is 3.69. The Labute approximate surface area is 234 Å². The van der Waals surface area contributed by atoms with Gasteiger partial charge in [-0.05, 0) is 78.0 Å². The Hall–Kier alpha value is -2.76. The number of carbonyl (C=O) groups excluding carboxylic acids is 1. The van der Waals surface area contributed by atoms with Crippen molar-refractivity contribution in [1.29, 1.82) is 0 Å². The van der Waals surface area contributed by atoms with E-state index in [0.29, 0.717) is 35.4 Å². The molecule has 1 aliphatic rings. The molecule has 1 aromatic heterocycles. The number of hydrogen-bond acceptors (Lipinski definition) is 6. The lowest BCUT2D eigenvalue weighted by molar-refractivity contribution is -0.137. The van der Waals surface area contributed by atoms with E-state index in [1.807, 2.05) is 0 Å². The summed E-state index contributed by atoms with van der Waals surface area (Å²) in [5.41, 5.74) is -0.0726. The van der Waals surface area contributed by atoms with Crippen LogP contribution in [-0.2, 0) is 17.3 Å². The van der Waals surface area contributed by atoms with Crippen LogP contribution in [0.5, 0.6) is 11.5 Å². The molecule has 0 amide bonds. The van der Waals surface area contributed by atoms with Gasteiger partial charge in [0.25, 0.3) is 0 Å². The third kappa shape index (κ3) is 8.36. The molecule has 0 bridgehead atoms. The number of thioether (sulfide) groups is 1. The van der Waals surface area contributed by atoms with Gasteiger partial charge in [-0.15, -0.1) is 0 Å². The number of nitrogens with zero attached hydrogens (tertiary/aromatic N) is 1. The van der Waals surface area contributed by atoms with Gasteiger partial charge in [0.1, 0.15) is 6.10 Å². The summed E-state index contributed by atoms with van der Waals surface area (Å²) in [6, 6.07) is 8.17. The van der Waals surface area contributed by atoms with Crippen LogP contribution in [0.1, 0.15) is 35.6 Å². The van der Waals surface area contributed by atoms with E-state index in [4.69, 9.17) is 32.7 Å². The normalized spacial score (nSPS) is 14.3. The van der Waals surface area contributed by atoms with Crippen LogP contribution in [-0.4, -0.2) is 23.5 Å². The lowest BCUT2D eigenvalue weighted by atomic mass is 10.0. The molecular formula is C26H20Cl2F5NO4S. The maximum absolute atomic E-state index is 13.0. The van der Waals surface area contributed by atoms with Gasteiger partial charge in [-0.3, -0.25) is 4.98 Å². The van der Waals surface area contributed by atoms with Gasteiger partial charge in [-0.1, -0.05) is 29.3 Å². The van der Waals surface area contributed by atoms with Crippen molar-refractivity contribution < 1.29 is 41.0 Å². The Morgan fingerprint density at radius 2 is 1.69 bits per heavy atom. The summed E-state index contributed by atoms with van der Waals surface area (Å²) in [6.07, 6.45) is -0.907. The van der Waals surface area contributed by atoms with Crippen molar-refractivity contribution in [2.24, 2.45) is 5.92 Å².